The summed E-state index contributed by atoms with van der Waals surface area (Å²) in [6.45, 7) is 2.08. The molecule has 1 aliphatic carbocycles. The standard InChI is InChI=1S/C24H27NO6/c1-27-21-7-5-15(10-22(21)28-2)19-13-30-24-17(23(19)26)6-8-20-18(24)12-25(14-31-20)11-16-4-3-9-29-16/h3-5,7,9-10,13,17-18,20,24H,6,8,11-12,14H2,1-2H3. The van der Waals surface area contributed by atoms with E-state index in [1.54, 1.807) is 26.7 Å². The van der Waals surface area contributed by atoms with Gasteiger partial charge in [0.2, 0.25) is 0 Å². The molecule has 31 heavy (non-hydrogen) atoms. The van der Waals surface area contributed by atoms with Gasteiger partial charge >= 0.3 is 0 Å². The van der Waals surface area contributed by atoms with Crippen LogP contribution < -0.4 is 9.47 Å². The molecule has 4 unspecified atom stereocenters. The lowest BCUT2D eigenvalue weighted by Crippen LogP contribution is -2.56. The second-order valence-corrected chi connectivity index (χ2v) is 8.34. The number of hydrogen-bond acceptors (Lipinski definition) is 7. The van der Waals surface area contributed by atoms with Gasteiger partial charge in [0.25, 0.3) is 0 Å². The van der Waals surface area contributed by atoms with E-state index in [1.165, 1.54) is 0 Å². The van der Waals surface area contributed by atoms with E-state index in [2.05, 4.69) is 4.90 Å². The number of Topliss-reactive ketones (excluding diaryl/α,β-unsaturated/α-hetero) is 1. The molecule has 2 aliphatic heterocycles. The monoisotopic (exact) mass is 425 g/mol. The Labute approximate surface area is 181 Å². The smallest absolute Gasteiger partial charge is 0.173 e. The Morgan fingerprint density at radius 1 is 1.13 bits per heavy atom. The topological polar surface area (TPSA) is 70.4 Å². The van der Waals surface area contributed by atoms with Crippen molar-refractivity contribution in [2.75, 3.05) is 27.5 Å². The van der Waals surface area contributed by atoms with Gasteiger partial charge in [-0.25, -0.2) is 0 Å². The third-order valence-electron chi connectivity index (χ3n) is 6.60. The SMILES string of the molecule is COc1ccc(C2=COC3C(CCC4OCN(Cc5ccco5)CC43)C2=O)cc1OC. The molecule has 0 N–H and O–H groups in total. The number of furan rings is 1. The Hall–Kier alpha value is -2.77. The quantitative estimate of drug-likeness (QED) is 0.726. The molecule has 0 radical (unpaired) electrons. The summed E-state index contributed by atoms with van der Waals surface area (Å²) in [5.74, 6) is 2.24. The lowest BCUT2D eigenvalue weighted by Gasteiger charge is -2.48. The fraction of sp³-hybridized carbons (Fsp3) is 0.458. The second-order valence-electron chi connectivity index (χ2n) is 8.34. The number of ketones is 1. The number of carbonyl (C=O) groups excluding carboxylic acids is 1. The summed E-state index contributed by atoms with van der Waals surface area (Å²) in [5, 5.41) is 0. The first-order valence-corrected chi connectivity index (χ1v) is 10.7. The lowest BCUT2D eigenvalue weighted by atomic mass is 9.71. The van der Waals surface area contributed by atoms with Crippen molar-refractivity contribution in [3.63, 3.8) is 0 Å². The van der Waals surface area contributed by atoms with E-state index in [9.17, 15) is 4.79 Å². The van der Waals surface area contributed by atoms with Crippen LogP contribution in [-0.2, 0) is 20.8 Å². The number of carbonyl (C=O) groups is 1. The summed E-state index contributed by atoms with van der Waals surface area (Å²) in [6.07, 6.45) is 4.90. The summed E-state index contributed by atoms with van der Waals surface area (Å²) < 4.78 is 28.6. The van der Waals surface area contributed by atoms with Gasteiger partial charge in [0.05, 0.1) is 57.6 Å². The molecule has 0 amide bonds. The van der Waals surface area contributed by atoms with E-state index < -0.39 is 0 Å². The molecule has 5 rings (SSSR count). The van der Waals surface area contributed by atoms with Gasteiger partial charge in [-0.2, -0.15) is 0 Å². The van der Waals surface area contributed by atoms with Gasteiger partial charge in [0.1, 0.15) is 11.9 Å². The predicted molar refractivity (Wildman–Crippen MR) is 112 cm³/mol. The van der Waals surface area contributed by atoms with E-state index >= 15 is 0 Å². The molecular weight excluding hydrogens is 398 g/mol. The van der Waals surface area contributed by atoms with Gasteiger partial charge < -0.3 is 23.4 Å². The molecule has 1 saturated heterocycles. The van der Waals surface area contributed by atoms with Gasteiger partial charge in [0, 0.05) is 12.5 Å². The molecule has 1 saturated carbocycles. The van der Waals surface area contributed by atoms with Crippen LogP contribution in [0.15, 0.2) is 47.3 Å². The first-order valence-electron chi connectivity index (χ1n) is 10.7. The zero-order chi connectivity index (χ0) is 21.4. The van der Waals surface area contributed by atoms with Crippen LogP contribution in [0.2, 0.25) is 0 Å². The Morgan fingerprint density at radius 3 is 2.77 bits per heavy atom. The normalized spacial score (nSPS) is 28.2. The summed E-state index contributed by atoms with van der Waals surface area (Å²) >= 11 is 0. The molecule has 7 heteroatoms. The van der Waals surface area contributed by atoms with Crippen molar-refractivity contribution < 1.29 is 28.2 Å². The highest BCUT2D eigenvalue weighted by Gasteiger charge is 2.49. The summed E-state index contributed by atoms with van der Waals surface area (Å²) in [4.78, 5) is 15.6. The number of allylic oxidation sites excluding steroid dienone is 1. The van der Waals surface area contributed by atoms with E-state index in [1.807, 2.05) is 30.3 Å². The van der Waals surface area contributed by atoms with Crippen molar-refractivity contribution in [2.45, 2.75) is 31.6 Å². The maximum absolute atomic E-state index is 13.4. The van der Waals surface area contributed by atoms with Crippen molar-refractivity contribution in [1.29, 1.82) is 0 Å². The zero-order valence-corrected chi connectivity index (χ0v) is 17.8. The highest BCUT2D eigenvalue weighted by molar-refractivity contribution is 6.22. The minimum Gasteiger partial charge on any atom is -0.496 e. The van der Waals surface area contributed by atoms with Crippen molar-refractivity contribution in [2.24, 2.45) is 11.8 Å². The molecule has 7 nitrogen and oxygen atoms in total. The van der Waals surface area contributed by atoms with E-state index in [0.717, 1.165) is 30.7 Å². The highest BCUT2D eigenvalue weighted by atomic mass is 16.5. The number of rotatable bonds is 5. The van der Waals surface area contributed by atoms with Crippen molar-refractivity contribution in [3.05, 3.63) is 54.2 Å². The molecule has 0 spiro atoms. The number of ether oxygens (including phenoxy) is 4. The minimum atomic E-state index is -0.172. The van der Waals surface area contributed by atoms with Crippen LogP contribution >= 0.6 is 0 Å². The Bertz CT molecular complexity index is 968. The summed E-state index contributed by atoms with van der Waals surface area (Å²) in [5.41, 5.74) is 1.37. The van der Waals surface area contributed by atoms with Gasteiger partial charge in [-0.1, -0.05) is 6.07 Å². The summed E-state index contributed by atoms with van der Waals surface area (Å²) in [6, 6.07) is 9.37. The highest BCUT2D eigenvalue weighted by Crippen LogP contribution is 2.43. The number of nitrogens with zero attached hydrogens (tertiary/aromatic N) is 1. The van der Waals surface area contributed by atoms with E-state index in [4.69, 9.17) is 23.4 Å². The van der Waals surface area contributed by atoms with Gasteiger partial charge in [-0.3, -0.25) is 9.69 Å². The average molecular weight is 425 g/mol. The van der Waals surface area contributed by atoms with Crippen LogP contribution in [0.25, 0.3) is 5.57 Å². The van der Waals surface area contributed by atoms with Gasteiger partial charge in [-0.15, -0.1) is 0 Å². The number of hydrogen-bond donors (Lipinski definition) is 0. The van der Waals surface area contributed by atoms with Crippen LogP contribution in [-0.4, -0.2) is 50.4 Å². The Morgan fingerprint density at radius 2 is 2.00 bits per heavy atom. The summed E-state index contributed by atoms with van der Waals surface area (Å²) in [7, 11) is 3.18. The lowest BCUT2D eigenvalue weighted by molar-refractivity contribution is -0.172. The van der Waals surface area contributed by atoms with Crippen molar-refractivity contribution in [3.8, 4) is 11.5 Å². The third-order valence-corrected chi connectivity index (χ3v) is 6.60. The molecule has 164 valence electrons. The minimum absolute atomic E-state index is 0.123. The molecule has 3 aliphatic rings. The number of fused-ring (bicyclic) bond motifs is 3. The average Bonchev–Trinajstić information content (AvgIpc) is 3.32. The largest absolute Gasteiger partial charge is 0.496 e. The van der Waals surface area contributed by atoms with Crippen LogP contribution in [0.5, 0.6) is 11.5 Å². The molecule has 2 aromatic rings. The third kappa shape index (κ3) is 3.72. The zero-order valence-electron chi connectivity index (χ0n) is 17.8. The molecule has 3 heterocycles. The molecule has 1 aromatic carbocycles. The van der Waals surface area contributed by atoms with Gasteiger partial charge in [-0.05, 0) is 42.7 Å². The van der Waals surface area contributed by atoms with Crippen LogP contribution in [0.4, 0.5) is 0 Å². The predicted octanol–water partition coefficient (Wildman–Crippen LogP) is 3.49. The molecule has 4 atom stereocenters. The first-order chi connectivity index (χ1) is 15.2. The maximum Gasteiger partial charge on any atom is 0.173 e. The maximum atomic E-state index is 13.4. The van der Waals surface area contributed by atoms with E-state index in [-0.39, 0.29) is 29.8 Å². The number of methoxy groups -OCH3 is 2. The van der Waals surface area contributed by atoms with Crippen molar-refractivity contribution in [1.82, 2.24) is 4.90 Å². The second kappa shape index (κ2) is 8.40. The number of benzene rings is 1. The first kappa shape index (κ1) is 20.2. The fourth-order valence-corrected chi connectivity index (χ4v) is 5.04. The van der Waals surface area contributed by atoms with Crippen molar-refractivity contribution >= 4 is 11.4 Å². The van der Waals surface area contributed by atoms with Crippen LogP contribution in [0.1, 0.15) is 24.2 Å². The fourth-order valence-electron chi connectivity index (χ4n) is 5.04. The Balaban J connectivity index is 1.36. The molecule has 2 fully saturated rings. The molecule has 0 bridgehead atoms. The van der Waals surface area contributed by atoms with E-state index in [0.29, 0.717) is 30.3 Å². The molecule has 1 aromatic heterocycles. The van der Waals surface area contributed by atoms with Crippen LogP contribution in [0, 0.1) is 11.8 Å². The van der Waals surface area contributed by atoms with Gasteiger partial charge in [0.15, 0.2) is 17.3 Å². The molecular formula is C24H27NO6. The Kier molecular flexibility index (Phi) is 5.46. The van der Waals surface area contributed by atoms with Crippen LogP contribution in [0.3, 0.4) is 0 Å².